The van der Waals surface area contributed by atoms with Crippen molar-refractivity contribution in [1.82, 2.24) is 0 Å². The summed E-state index contributed by atoms with van der Waals surface area (Å²) in [5.74, 6) is 0. The Hall–Kier alpha value is -2.42. The lowest BCUT2D eigenvalue weighted by atomic mass is 10.0. The summed E-state index contributed by atoms with van der Waals surface area (Å²) in [6.07, 6.45) is 1.51. The van der Waals surface area contributed by atoms with Crippen LogP contribution in [0.5, 0.6) is 0 Å². The molecule has 2 aromatic carbocycles. The van der Waals surface area contributed by atoms with Crippen LogP contribution < -0.4 is 5.32 Å². The van der Waals surface area contributed by atoms with E-state index in [4.69, 9.17) is 0 Å². The molecule has 0 saturated heterocycles. The van der Waals surface area contributed by atoms with Gasteiger partial charge in [0, 0.05) is 17.7 Å². The summed E-state index contributed by atoms with van der Waals surface area (Å²) in [4.78, 5) is 15.2. The molecule has 0 saturated carbocycles. The number of amides is 1. The van der Waals surface area contributed by atoms with Crippen LogP contribution in [0.3, 0.4) is 0 Å². The van der Waals surface area contributed by atoms with Gasteiger partial charge in [-0.2, -0.15) is 0 Å². The average molecular weight is 236 g/mol. The van der Waals surface area contributed by atoms with Gasteiger partial charge in [0.2, 0.25) is 6.41 Å². The van der Waals surface area contributed by atoms with E-state index in [9.17, 15) is 4.79 Å². The second kappa shape index (κ2) is 4.45. The van der Waals surface area contributed by atoms with Crippen molar-refractivity contribution in [3.05, 3.63) is 59.7 Å². The van der Waals surface area contributed by atoms with E-state index in [0.717, 1.165) is 29.1 Å². The summed E-state index contributed by atoms with van der Waals surface area (Å²) < 4.78 is 0. The molecule has 88 valence electrons. The largest absolute Gasteiger partial charge is 0.328 e. The first-order valence-electron chi connectivity index (χ1n) is 5.83. The quantitative estimate of drug-likeness (QED) is 0.818. The van der Waals surface area contributed by atoms with Gasteiger partial charge in [0.15, 0.2) is 0 Å². The highest BCUT2D eigenvalue weighted by atomic mass is 16.1. The fraction of sp³-hybridized carbons (Fsp3) is 0.0667. The number of para-hydroxylation sites is 2. The summed E-state index contributed by atoms with van der Waals surface area (Å²) in [6, 6.07) is 15.8. The zero-order chi connectivity index (χ0) is 12.4. The zero-order valence-corrected chi connectivity index (χ0v) is 9.76. The first-order chi connectivity index (χ1) is 8.88. The maximum atomic E-state index is 10.6. The molecule has 0 atom stereocenters. The predicted octanol–water partition coefficient (Wildman–Crippen LogP) is 2.93. The fourth-order valence-corrected chi connectivity index (χ4v) is 2.21. The summed E-state index contributed by atoms with van der Waals surface area (Å²) in [6.45, 7) is 0. The van der Waals surface area contributed by atoms with Crippen LogP contribution in [0.2, 0.25) is 0 Å². The van der Waals surface area contributed by atoms with Crippen molar-refractivity contribution >= 4 is 23.5 Å². The normalized spacial score (nSPS) is 12.8. The number of anilines is 1. The number of aliphatic imine (C=N–C) groups is 1. The van der Waals surface area contributed by atoms with Crippen LogP contribution in [0.15, 0.2) is 53.5 Å². The van der Waals surface area contributed by atoms with E-state index in [2.05, 4.69) is 16.4 Å². The van der Waals surface area contributed by atoms with E-state index >= 15 is 0 Å². The molecule has 2 aromatic rings. The Bertz CT molecular complexity index is 632. The number of nitrogens with zero attached hydrogens (tertiary/aromatic N) is 1. The molecule has 0 bridgehead atoms. The van der Waals surface area contributed by atoms with Crippen molar-refractivity contribution in [2.45, 2.75) is 6.42 Å². The Morgan fingerprint density at radius 2 is 1.83 bits per heavy atom. The second-order valence-electron chi connectivity index (χ2n) is 4.17. The molecule has 0 aliphatic carbocycles. The highest BCUT2D eigenvalue weighted by molar-refractivity contribution is 6.10. The minimum atomic E-state index is 0.696. The molecule has 0 spiro atoms. The summed E-state index contributed by atoms with van der Waals surface area (Å²) in [5.41, 5.74) is 5.04. The van der Waals surface area contributed by atoms with E-state index in [-0.39, 0.29) is 0 Å². The number of carbonyl (C=O) groups is 1. The van der Waals surface area contributed by atoms with Gasteiger partial charge in [-0.05, 0) is 17.7 Å². The molecule has 1 aliphatic heterocycles. The van der Waals surface area contributed by atoms with Gasteiger partial charge < -0.3 is 5.32 Å². The lowest BCUT2D eigenvalue weighted by Gasteiger charge is -2.07. The van der Waals surface area contributed by atoms with Gasteiger partial charge in [0.25, 0.3) is 0 Å². The van der Waals surface area contributed by atoms with E-state index in [1.807, 2.05) is 42.5 Å². The van der Waals surface area contributed by atoms with Gasteiger partial charge in [-0.25, -0.2) is 0 Å². The van der Waals surface area contributed by atoms with Crippen LogP contribution in [0.1, 0.15) is 11.1 Å². The Morgan fingerprint density at radius 1 is 1.06 bits per heavy atom. The standard InChI is InChI=1S/C15H12N2O/c18-10-16-14-8-4-2-6-12(14)15-9-11-5-1-3-7-13(11)17-15/h1-8,10H,9H2,(H,16,18). The molecule has 0 unspecified atom stereocenters. The Kier molecular flexibility index (Phi) is 2.65. The maximum Gasteiger partial charge on any atom is 0.211 e. The van der Waals surface area contributed by atoms with E-state index in [1.54, 1.807) is 0 Å². The second-order valence-corrected chi connectivity index (χ2v) is 4.17. The molecule has 1 heterocycles. The zero-order valence-electron chi connectivity index (χ0n) is 9.76. The SMILES string of the molecule is O=CNc1ccccc1C1=Nc2ccccc2C1. The highest BCUT2D eigenvalue weighted by Crippen LogP contribution is 2.30. The van der Waals surface area contributed by atoms with Crippen LogP contribution in [0.4, 0.5) is 11.4 Å². The number of hydrogen-bond donors (Lipinski definition) is 1. The third kappa shape index (κ3) is 1.80. The molecule has 3 nitrogen and oxygen atoms in total. The number of benzene rings is 2. The van der Waals surface area contributed by atoms with Crippen LogP contribution >= 0.6 is 0 Å². The van der Waals surface area contributed by atoms with Gasteiger partial charge in [0.1, 0.15) is 0 Å². The van der Waals surface area contributed by atoms with Crippen LogP contribution in [0, 0.1) is 0 Å². The molecule has 0 aromatic heterocycles. The molecule has 1 aliphatic rings. The summed E-state index contributed by atoms with van der Waals surface area (Å²) >= 11 is 0. The number of carbonyl (C=O) groups excluding carboxylic acids is 1. The summed E-state index contributed by atoms with van der Waals surface area (Å²) in [5, 5.41) is 2.72. The average Bonchev–Trinajstić information content (AvgIpc) is 2.83. The molecule has 1 N–H and O–H groups in total. The smallest absolute Gasteiger partial charge is 0.211 e. The summed E-state index contributed by atoms with van der Waals surface area (Å²) in [7, 11) is 0. The lowest BCUT2D eigenvalue weighted by Crippen LogP contribution is -2.06. The van der Waals surface area contributed by atoms with Crippen molar-refractivity contribution in [1.29, 1.82) is 0 Å². The first-order valence-corrected chi connectivity index (χ1v) is 5.83. The number of nitrogens with one attached hydrogen (secondary N) is 1. The van der Waals surface area contributed by atoms with Crippen molar-refractivity contribution in [3.63, 3.8) is 0 Å². The Labute approximate surface area is 105 Å². The monoisotopic (exact) mass is 236 g/mol. The fourth-order valence-electron chi connectivity index (χ4n) is 2.21. The first kappa shape index (κ1) is 10.7. The van der Waals surface area contributed by atoms with Crippen LogP contribution in [-0.2, 0) is 11.2 Å². The Balaban J connectivity index is 2.01. The van der Waals surface area contributed by atoms with Crippen molar-refractivity contribution in [3.8, 4) is 0 Å². The molecule has 3 rings (SSSR count). The Morgan fingerprint density at radius 3 is 2.67 bits per heavy atom. The molecule has 18 heavy (non-hydrogen) atoms. The molecular weight excluding hydrogens is 224 g/mol. The molecule has 3 heteroatoms. The van der Waals surface area contributed by atoms with Gasteiger partial charge in [-0.3, -0.25) is 9.79 Å². The van der Waals surface area contributed by atoms with Gasteiger partial charge in [0.05, 0.1) is 11.4 Å². The van der Waals surface area contributed by atoms with Gasteiger partial charge in [-0.15, -0.1) is 0 Å². The van der Waals surface area contributed by atoms with Gasteiger partial charge in [-0.1, -0.05) is 36.4 Å². The number of hydrogen-bond acceptors (Lipinski definition) is 2. The topological polar surface area (TPSA) is 41.5 Å². The van der Waals surface area contributed by atoms with Crippen molar-refractivity contribution < 1.29 is 4.79 Å². The highest BCUT2D eigenvalue weighted by Gasteiger charge is 2.17. The van der Waals surface area contributed by atoms with Crippen LogP contribution in [-0.4, -0.2) is 12.1 Å². The minimum Gasteiger partial charge on any atom is -0.328 e. The van der Waals surface area contributed by atoms with Crippen LogP contribution in [0.25, 0.3) is 0 Å². The van der Waals surface area contributed by atoms with Gasteiger partial charge >= 0.3 is 0 Å². The number of fused-ring (bicyclic) bond motifs is 1. The third-order valence-corrected chi connectivity index (χ3v) is 3.06. The molecular formula is C15H12N2O. The molecule has 0 fully saturated rings. The number of rotatable bonds is 3. The molecule has 1 amide bonds. The lowest BCUT2D eigenvalue weighted by molar-refractivity contribution is -0.105. The van der Waals surface area contributed by atoms with Crippen molar-refractivity contribution in [2.24, 2.45) is 4.99 Å². The van der Waals surface area contributed by atoms with Crippen molar-refractivity contribution in [2.75, 3.05) is 5.32 Å². The van der Waals surface area contributed by atoms with E-state index in [0.29, 0.717) is 6.41 Å². The maximum absolute atomic E-state index is 10.6. The van der Waals surface area contributed by atoms with E-state index < -0.39 is 0 Å². The molecule has 0 radical (unpaired) electrons. The predicted molar refractivity (Wildman–Crippen MR) is 72.5 cm³/mol. The van der Waals surface area contributed by atoms with E-state index in [1.165, 1.54) is 5.56 Å². The minimum absolute atomic E-state index is 0.696. The third-order valence-electron chi connectivity index (χ3n) is 3.06.